The van der Waals surface area contributed by atoms with Gasteiger partial charge in [-0.25, -0.2) is 4.68 Å². The lowest BCUT2D eigenvalue weighted by molar-refractivity contribution is 0.672. The van der Waals surface area contributed by atoms with Crippen LogP contribution in [0.15, 0.2) is 16.2 Å². The van der Waals surface area contributed by atoms with Gasteiger partial charge in [0.2, 0.25) is 5.95 Å². The summed E-state index contributed by atoms with van der Waals surface area (Å²) in [5, 5.41) is 5.95. The molecule has 2 aromatic heterocycles. The molecule has 0 saturated carbocycles. The van der Waals surface area contributed by atoms with Gasteiger partial charge in [0.25, 0.3) is 0 Å². The third-order valence-corrected chi connectivity index (χ3v) is 3.49. The maximum Gasteiger partial charge on any atom is 0.240 e. The Kier molecular flexibility index (Phi) is 2.76. The number of nitrogen functional groups attached to an aromatic ring is 1. The van der Waals surface area contributed by atoms with E-state index in [0.29, 0.717) is 11.3 Å². The minimum Gasteiger partial charge on any atom is -0.366 e. The number of thiophene rings is 1. The standard InChI is InChI=1S/C7H6BrClN4S/c8-6-11-7(10)12-13(6)3-4-1-2-14-5(4)9/h1-2H,3H2,(H2,10,12). The second kappa shape index (κ2) is 3.88. The van der Waals surface area contributed by atoms with Gasteiger partial charge in [-0.3, -0.25) is 0 Å². The molecular formula is C7H6BrClN4S. The van der Waals surface area contributed by atoms with E-state index in [9.17, 15) is 0 Å². The van der Waals surface area contributed by atoms with Crippen LogP contribution in [0.3, 0.4) is 0 Å². The average Bonchev–Trinajstić information content (AvgIpc) is 2.62. The van der Waals surface area contributed by atoms with Crippen LogP contribution in [0.1, 0.15) is 5.56 Å². The molecular weight excluding hydrogens is 288 g/mol. The Hall–Kier alpha value is -0.590. The Morgan fingerprint density at radius 2 is 2.43 bits per heavy atom. The first-order valence-corrected chi connectivity index (χ1v) is 5.79. The van der Waals surface area contributed by atoms with Crippen molar-refractivity contribution in [2.75, 3.05) is 5.73 Å². The van der Waals surface area contributed by atoms with Gasteiger partial charge in [0.1, 0.15) is 0 Å². The summed E-state index contributed by atoms with van der Waals surface area (Å²) in [5.74, 6) is 0.253. The summed E-state index contributed by atoms with van der Waals surface area (Å²) in [6.45, 7) is 0.577. The highest BCUT2D eigenvalue weighted by molar-refractivity contribution is 9.10. The summed E-state index contributed by atoms with van der Waals surface area (Å²) >= 11 is 10.7. The van der Waals surface area contributed by atoms with E-state index in [1.807, 2.05) is 11.4 Å². The van der Waals surface area contributed by atoms with E-state index < -0.39 is 0 Å². The average molecular weight is 294 g/mol. The summed E-state index contributed by atoms with van der Waals surface area (Å²) in [6, 6.07) is 1.96. The first kappa shape index (κ1) is 9.95. The van der Waals surface area contributed by atoms with Crippen molar-refractivity contribution in [3.63, 3.8) is 0 Å². The number of hydrogen-bond acceptors (Lipinski definition) is 4. The molecule has 0 fully saturated rings. The Morgan fingerprint density at radius 1 is 1.64 bits per heavy atom. The highest BCUT2D eigenvalue weighted by Crippen LogP contribution is 2.24. The van der Waals surface area contributed by atoms with Crippen molar-refractivity contribution in [1.82, 2.24) is 14.8 Å². The van der Waals surface area contributed by atoms with Crippen LogP contribution in [0.2, 0.25) is 4.34 Å². The second-order valence-corrected chi connectivity index (χ2v) is 4.84. The summed E-state index contributed by atoms with van der Waals surface area (Å²) in [7, 11) is 0. The molecule has 0 radical (unpaired) electrons. The van der Waals surface area contributed by atoms with Crippen LogP contribution in [-0.4, -0.2) is 14.8 Å². The number of rotatable bonds is 2. The number of anilines is 1. The molecule has 0 spiro atoms. The third-order valence-electron chi connectivity index (χ3n) is 1.66. The van der Waals surface area contributed by atoms with E-state index in [1.54, 1.807) is 4.68 Å². The highest BCUT2D eigenvalue weighted by Gasteiger charge is 2.08. The molecule has 0 saturated heterocycles. The molecule has 0 aliphatic heterocycles. The fourth-order valence-corrected chi connectivity index (χ4v) is 2.33. The zero-order valence-corrected chi connectivity index (χ0v) is 10.1. The van der Waals surface area contributed by atoms with Gasteiger partial charge in [0.15, 0.2) is 4.73 Å². The molecule has 74 valence electrons. The van der Waals surface area contributed by atoms with E-state index in [4.69, 9.17) is 17.3 Å². The normalized spacial score (nSPS) is 10.7. The topological polar surface area (TPSA) is 56.7 Å². The number of nitrogens with zero attached hydrogens (tertiary/aromatic N) is 3. The molecule has 0 bridgehead atoms. The first-order chi connectivity index (χ1) is 6.66. The number of nitrogens with two attached hydrogens (primary N) is 1. The molecule has 4 nitrogen and oxygen atoms in total. The number of hydrogen-bond donors (Lipinski definition) is 1. The van der Waals surface area contributed by atoms with Crippen LogP contribution >= 0.6 is 38.9 Å². The maximum atomic E-state index is 5.96. The molecule has 2 heterocycles. The molecule has 14 heavy (non-hydrogen) atoms. The minimum absolute atomic E-state index is 0.253. The molecule has 7 heteroatoms. The van der Waals surface area contributed by atoms with Crippen molar-refractivity contribution in [1.29, 1.82) is 0 Å². The van der Waals surface area contributed by atoms with Crippen LogP contribution in [0.25, 0.3) is 0 Å². The van der Waals surface area contributed by atoms with Crippen LogP contribution in [0.4, 0.5) is 5.95 Å². The van der Waals surface area contributed by atoms with Crippen molar-refractivity contribution in [3.8, 4) is 0 Å². The van der Waals surface area contributed by atoms with E-state index in [1.165, 1.54) is 11.3 Å². The predicted octanol–water partition coefficient (Wildman–Crippen LogP) is 2.39. The lowest BCUT2D eigenvalue weighted by Gasteiger charge is -1.99. The molecule has 0 unspecified atom stereocenters. The Morgan fingerprint density at radius 3 is 2.93 bits per heavy atom. The van der Waals surface area contributed by atoms with E-state index >= 15 is 0 Å². The number of aromatic nitrogens is 3. The van der Waals surface area contributed by atoms with Crippen molar-refractivity contribution in [2.24, 2.45) is 0 Å². The summed E-state index contributed by atoms with van der Waals surface area (Å²) < 4.78 is 3.03. The lowest BCUT2D eigenvalue weighted by Crippen LogP contribution is -2.02. The maximum absolute atomic E-state index is 5.96. The predicted molar refractivity (Wildman–Crippen MR) is 60.6 cm³/mol. The molecule has 0 amide bonds. The van der Waals surface area contributed by atoms with Crippen molar-refractivity contribution < 1.29 is 0 Å². The molecule has 2 aromatic rings. The molecule has 0 atom stereocenters. The van der Waals surface area contributed by atoms with Gasteiger partial charge >= 0.3 is 0 Å². The second-order valence-electron chi connectivity index (χ2n) is 2.62. The van der Waals surface area contributed by atoms with Gasteiger partial charge in [-0.1, -0.05) is 11.6 Å². The van der Waals surface area contributed by atoms with E-state index in [2.05, 4.69) is 26.0 Å². The SMILES string of the molecule is Nc1nc(Br)n(Cc2ccsc2Cl)n1. The first-order valence-electron chi connectivity index (χ1n) is 3.74. The molecule has 0 aliphatic rings. The largest absolute Gasteiger partial charge is 0.366 e. The molecule has 0 aromatic carbocycles. The fraction of sp³-hybridized carbons (Fsp3) is 0.143. The van der Waals surface area contributed by atoms with Crippen molar-refractivity contribution >= 4 is 44.8 Å². The van der Waals surface area contributed by atoms with Crippen LogP contribution in [0.5, 0.6) is 0 Å². The van der Waals surface area contributed by atoms with E-state index in [0.717, 1.165) is 9.90 Å². The van der Waals surface area contributed by atoms with Crippen molar-refractivity contribution in [3.05, 3.63) is 26.1 Å². The Balaban J connectivity index is 2.27. The van der Waals surface area contributed by atoms with Crippen LogP contribution in [-0.2, 0) is 6.54 Å². The fourth-order valence-electron chi connectivity index (χ4n) is 1.03. The van der Waals surface area contributed by atoms with E-state index in [-0.39, 0.29) is 5.95 Å². The van der Waals surface area contributed by atoms with Gasteiger partial charge in [-0.15, -0.1) is 16.4 Å². The van der Waals surface area contributed by atoms with Gasteiger partial charge in [0.05, 0.1) is 10.9 Å². The summed E-state index contributed by atoms with van der Waals surface area (Å²) in [6.07, 6.45) is 0. The van der Waals surface area contributed by atoms with Crippen LogP contribution < -0.4 is 5.73 Å². The molecule has 2 rings (SSSR count). The third kappa shape index (κ3) is 1.92. The van der Waals surface area contributed by atoms with Crippen LogP contribution in [0, 0.1) is 0 Å². The number of halogens is 2. The summed E-state index contributed by atoms with van der Waals surface area (Å²) in [5.41, 5.74) is 6.46. The van der Waals surface area contributed by atoms with Gasteiger partial charge in [-0.05, 0) is 27.4 Å². The molecule has 2 N–H and O–H groups in total. The zero-order chi connectivity index (χ0) is 10.1. The molecule has 0 aliphatic carbocycles. The minimum atomic E-state index is 0.253. The monoisotopic (exact) mass is 292 g/mol. The Bertz CT molecular complexity index is 452. The smallest absolute Gasteiger partial charge is 0.240 e. The lowest BCUT2D eigenvalue weighted by atomic mass is 10.3. The highest BCUT2D eigenvalue weighted by atomic mass is 79.9. The van der Waals surface area contributed by atoms with Gasteiger partial charge in [-0.2, -0.15) is 4.98 Å². The van der Waals surface area contributed by atoms with Gasteiger partial charge < -0.3 is 5.73 Å². The zero-order valence-electron chi connectivity index (χ0n) is 6.94. The quantitative estimate of drug-likeness (QED) is 0.925. The van der Waals surface area contributed by atoms with Gasteiger partial charge in [0, 0.05) is 5.56 Å². The van der Waals surface area contributed by atoms with Crippen molar-refractivity contribution in [2.45, 2.75) is 6.54 Å². The Labute approximate surface area is 97.8 Å². The summed E-state index contributed by atoms with van der Waals surface area (Å²) in [4.78, 5) is 3.93.